The molecule has 1 saturated heterocycles. The van der Waals surface area contributed by atoms with Gasteiger partial charge in [0, 0.05) is 13.1 Å². The molecule has 0 saturated carbocycles. The van der Waals surface area contributed by atoms with Crippen molar-refractivity contribution in [2.75, 3.05) is 41.7 Å². The van der Waals surface area contributed by atoms with Gasteiger partial charge in [-0.3, -0.25) is 13.9 Å². The van der Waals surface area contributed by atoms with Crippen LogP contribution in [0.15, 0.2) is 24.3 Å². The highest BCUT2D eigenvalue weighted by Gasteiger charge is 2.29. The summed E-state index contributed by atoms with van der Waals surface area (Å²) in [4.78, 5) is 26.2. The van der Waals surface area contributed by atoms with E-state index in [0.29, 0.717) is 11.3 Å². The number of carbonyl (C=O) groups is 2. The summed E-state index contributed by atoms with van der Waals surface area (Å²) >= 11 is 0. The first-order chi connectivity index (χ1) is 12.9. The Morgan fingerprint density at radius 3 is 2.32 bits per heavy atom. The van der Waals surface area contributed by atoms with Crippen LogP contribution in [0.4, 0.5) is 5.69 Å². The van der Waals surface area contributed by atoms with Crippen LogP contribution in [0.25, 0.3) is 0 Å². The van der Waals surface area contributed by atoms with Gasteiger partial charge in [0.1, 0.15) is 12.6 Å². The molecular weight excluding hydrogens is 406 g/mol. The number of anilines is 1. The number of sulfone groups is 1. The van der Waals surface area contributed by atoms with Gasteiger partial charge in [0.2, 0.25) is 21.8 Å². The zero-order chi connectivity index (χ0) is 21.1. The second-order valence-electron chi connectivity index (χ2n) is 6.82. The van der Waals surface area contributed by atoms with E-state index in [1.54, 1.807) is 31.2 Å². The van der Waals surface area contributed by atoms with Gasteiger partial charge >= 0.3 is 0 Å². The Morgan fingerprint density at radius 1 is 1.21 bits per heavy atom. The van der Waals surface area contributed by atoms with Crippen molar-refractivity contribution in [3.05, 3.63) is 29.8 Å². The van der Waals surface area contributed by atoms with Gasteiger partial charge in [-0.05, 0) is 25.5 Å². The predicted molar refractivity (Wildman–Crippen MR) is 106 cm³/mol. The summed E-state index contributed by atoms with van der Waals surface area (Å²) in [5.74, 6) is -1.23. The van der Waals surface area contributed by atoms with E-state index >= 15 is 0 Å². The van der Waals surface area contributed by atoms with Crippen molar-refractivity contribution in [2.24, 2.45) is 0 Å². The molecule has 9 nitrogen and oxygen atoms in total. The number of sulfonamides is 1. The second-order valence-corrected chi connectivity index (χ2v) is 11.0. The van der Waals surface area contributed by atoms with Crippen LogP contribution in [0.5, 0.6) is 0 Å². The van der Waals surface area contributed by atoms with Crippen molar-refractivity contribution in [2.45, 2.75) is 19.9 Å². The smallest absolute Gasteiger partial charge is 0.244 e. The fraction of sp³-hybridized carbons (Fsp3) is 0.529. The molecule has 1 heterocycles. The maximum Gasteiger partial charge on any atom is 0.244 e. The molecule has 156 valence electrons. The van der Waals surface area contributed by atoms with Gasteiger partial charge in [-0.2, -0.15) is 0 Å². The average molecular weight is 432 g/mol. The molecule has 0 aliphatic carbocycles. The van der Waals surface area contributed by atoms with Crippen LogP contribution >= 0.6 is 0 Å². The fourth-order valence-electron chi connectivity index (χ4n) is 2.91. The number of para-hydroxylation sites is 1. The third-order valence-electron chi connectivity index (χ3n) is 4.48. The number of benzene rings is 1. The van der Waals surface area contributed by atoms with E-state index in [0.717, 1.165) is 10.6 Å². The monoisotopic (exact) mass is 431 g/mol. The molecule has 1 aromatic rings. The van der Waals surface area contributed by atoms with E-state index < -0.39 is 44.3 Å². The highest BCUT2D eigenvalue weighted by atomic mass is 32.2. The van der Waals surface area contributed by atoms with Gasteiger partial charge in [0.05, 0.1) is 23.4 Å². The lowest BCUT2D eigenvalue weighted by atomic mass is 10.2. The first kappa shape index (κ1) is 22.2. The van der Waals surface area contributed by atoms with Crippen LogP contribution in [-0.2, 0) is 29.4 Å². The van der Waals surface area contributed by atoms with E-state index in [-0.39, 0.29) is 24.6 Å². The van der Waals surface area contributed by atoms with Crippen molar-refractivity contribution < 1.29 is 26.4 Å². The number of amides is 2. The summed E-state index contributed by atoms with van der Waals surface area (Å²) in [6.07, 6.45) is 1.01. The minimum atomic E-state index is -3.71. The molecule has 1 unspecified atom stereocenters. The summed E-state index contributed by atoms with van der Waals surface area (Å²) in [6.45, 7) is 2.93. The maximum atomic E-state index is 12.4. The number of nitrogens with zero attached hydrogens (tertiary/aromatic N) is 2. The highest BCUT2D eigenvalue weighted by molar-refractivity contribution is 7.92. The molecule has 0 radical (unpaired) electrons. The van der Waals surface area contributed by atoms with E-state index in [1.807, 2.05) is 0 Å². The van der Waals surface area contributed by atoms with Gasteiger partial charge in [-0.25, -0.2) is 16.8 Å². The van der Waals surface area contributed by atoms with Crippen molar-refractivity contribution in [1.82, 2.24) is 10.2 Å². The summed E-state index contributed by atoms with van der Waals surface area (Å²) < 4.78 is 48.3. The minimum absolute atomic E-state index is 0.0834. The molecular formula is C17H25N3O6S2. The third-order valence-corrected chi connectivity index (χ3v) is 7.21. The Bertz CT molecular complexity index is 945. The number of aryl methyl sites for hydroxylation is 1. The number of rotatable bonds is 6. The van der Waals surface area contributed by atoms with E-state index in [4.69, 9.17) is 0 Å². The van der Waals surface area contributed by atoms with Gasteiger partial charge in [0.25, 0.3) is 0 Å². The molecule has 0 spiro atoms. The van der Waals surface area contributed by atoms with Crippen LogP contribution in [-0.4, -0.2) is 77.0 Å². The number of carbonyl (C=O) groups excluding carboxylic acids is 2. The van der Waals surface area contributed by atoms with Gasteiger partial charge < -0.3 is 10.2 Å². The number of nitrogens with one attached hydrogen (secondary N) is 1. The fourth-order valence-corrected chi connectivity index (χ4v) is 5.03. The molecule has 11 heteroatoms. The average Bonchev–Trinajstić information content (AvgIpc) is 2.59. The predicted octanol–water partition coefficient (Wildman–Crippen LogP) is -0.477. The van der Waals surface area contributed by atoms with Crippen molar-refractivity contribution in [1.29, 1.82) is 0 Å². The summed E-state index contributed by atoms with van der Waals surface area (Å²) in [6, 6.07) is 5.88. The SMILES string of the molecule is Cc1ccccc1N(CC(=O)NC(C)C(=O)N1CCS(=O)(=O)CC1)S(C)(=O)=O. The lowest BCUT2D eigenvalue weighted by molar-refractivity contribution is -0.135. The molecule has 1 aliphatic heterocycles. The zero-order valence-corrected chi connectivity index (χ0v) is 17.7. The Labute approximate surface area is 165 Å². The van der Waals surface area contributed by atoms with E-state index in [9.17, 15) is 26.4 Å². The van der Waals surface area contributed by atoms with Crippen molar-refractivity contribution in [3.8, 4) is 0 Å². The first-order valence-electron chi connectivity index (χ1n) is 8.72. The van der Waals surface area contributed by atoms with E-state index in [2.05, 4.69) is 5.32 Å². The molecule has 1 aromatic carbocycles. The quantitative estimate of drug-likeness (QED) is 0.650. The van der Waals surface area contributed by atoms with Crippen LogP contribution in [0.1, 0.15) is 12.5 Å². The van der Waals surface area contributed by atoms with Crippen molar-refractivity contribution >= 4 is 37.4 Å². The molecule has 0 bridgehead atoms. The maximum absolute atomic E-state index is 12.4. The Hall–Kier alpha value is -2.14. The summed E-state index contributed by atoms with van der Waals surface area (Å²) in [5.41, 5.74) is 1.08. The second kappa shape index (κ2) is 8.48. The first-order valence-corrected chi connectivity index (χ1v) is 12.4. The van der Waals surface area contributed by atoms with Crippen LogP contribution in [0.2, 0.25) is 0 Å². The zero-order valence-electron chi connectivity index (χ0n) is 16.1. The molecule has 2 rings (SSSR count). The topological polar surface area (TPSA) is 121 Å². The Morgan fingerprint density at radius 2 is 1.79 bits per heavy atom. The largest absolute Gasteiger partial charge is 0.343 e. The van der Waals surface area contributed by atoms with Gasteiger partial charge in [-0.1, -0.05) is 18.2 Å². The molecule has 0 aromatic heterocycles. The Kier molecular flexibility index (Phi) is 6.71. The van der Waals surface area contributed by atoms with Crippen molar-refractivity contribution in [3.63, 3.8) is 0 Å². The van der Waals surface area contributed by atoms with Crippen LogP contribution < -0.4 is 9.62 Å². The lowest BCUT2D eigenvalue weighted by Crippen LogP contribution is -2.53. The van der Waals surface area contributed by atoms with Crippen LogP contribution in [0.3, 0.4) is 0 Å². The molecule has 1 fully saturated rings. The van der Waals surface area contributed by atoms with Gasteiger partial charge in [-0.15, -0.1) is 0 Å². The molecule has 1 aliphatic rings. The highest BCUT2D eigenvalue weighted by Crippen LogP contribution is 2.21. The number of hydrogen-bond donors (Lipinski definition) is 1. The molecule has 1 N–H and O–H groups in total. The normalized spacial score (nSPS) is 17.6. The molecule has 28 heavy (non-hydrogen) atoms. The molecule has 2 amide bonds. The van der Waals surface area contributed by atoms with E-state index in [1.165, 1.54) is 11.8 Å². The van der Waals surface area contributed by atoms with Gasteiger partial charge in [0.15, 0.2) is 9.84 Å². The lowest BCUT2D eigenvalue weighted by Gasteiger charge is -2.30. The number of hydrogen-bond acceptors (Lipinski definition) is 6. The Balaban J connectivity index is 2.04. The summed E-state index contributed by atoms with van der Waals surface area (Å²) in [7, 11) is -6.83. The molecule has 1 atom stereocenters. The van der Waals surface area contributed by atoms with Crippen LogP contribution in [0, 0.1) is 6.92 Å². The third kappa shape index (κ3) is 5.68. The summed E-state index contributed by atoms with van der Waals surface area (Å²) in [5, 5.41) is 2.50. The standard InChI is InChI=1S/C17H25N3O6S2/c1-13-6-4-5-7-15(13)20(27(3,23)24)12-16(21)18-14(2)17(22)19-8-10-28(25,26)11-9-19/h4-7,14H,8-12H2,1-3H3,(H,18,21). The minimum Gasteiger partial charge on any atom is -0.343 e.